The molecule has 0 aromatic rings. The van der Waals surface area contributed by atoms with Gasteiger partial charge in [-0.15, -0.1) is 0 Å². The molecule has 0 aliphatic rings. The highest BCUT2D eigenvalue weighted by atomic mass is 19.4. The van der Waals surface area contributed by atoms with E-state index in [9.17, 15) is 124 Å². The predicted octanol–water partition coefficient (Wildman–Crippen LogP) is 8.48. The van der Waals surface area contributed by atoms with Crippen molar-refractivity contribution >= 4 is 11.9 Å². The Hall–Kier alpha value is -2.96. The fraction of sp³-hybridized carbons (Fsp3) is 0.923. The number of rotatable bonds is 21. The molecule has 0 fully saturated rings. The van der Waals surface area contributed by atoms with Crippen molar-refractivity contribution in [3.05, 3.63) is 0 Å². The minimum Gasteiger partial charge on any atom is -0.461 e. The first-order valence-corrected chi connectivity index (χ1v) is 14.8. The van der Waals surface area contributed by atoms with Crippen LogP contribution >= 0.6 is 0 Å². The van der Waals surface area contributed by atoms with Gasteiger partial charge in [-0.1, -0.05) is 0 Å². The van der Waals surface area contributed by atoms with Crippen LogP contribution in [0.5, 0.6) is 0 Å². The van der Waals surface area contributed by atoms with Crippen LogP contribution in [-0.2, 0) is 19.1 Å². The van der Waals surface area contributed by atoms with Crippen molar-refractivity contribution < 1.29 is 142 Å². The van der Waals surface area contributed by atoms with Crippen LogP contribution in [-0.4, -0.2) is 160 Å². The lowest BCUT2D eigenvalue weighted by atomic mass is 9.93. The van der Waals surface area contributed by atoms with E-state index in [2.05, 4.69) is 9.47 Å². The van der Waals surface area contributed by atoms with Crippen molar-refractivity contribution in [3.8, 4) is 0 Å². The third kappa shape index (κ3) is 10.3. The minimum absolute atomic E-state index is 0.394. The largest absolute Gasteiger partial charge is 0.461 e. The van der Waals surface area contributed by atoms with Crippen LogP contribution in [0.25, 0.3) is 0 Å². The van der Waals surface area contributed by atoms with E-state index in [1.54, 1.807) is 0 Å². The molecular weight excluding hydrogens is 898 g/mol. The van der Waals surface area contributed by atoms with Crippen LogP contribution in [0.1, 0.15) is 12.8 Å². The lowest BCUT2D eigenvalue weighted by Crippen LogP contribution is -2.70. The molecule has 0 aliphatic heterocycles. The summed E-state index contributed by atoms with van der Waals surface area (Å²) >= 11 is 0. The maximum absolute atomic E-state index is 13.9. The van der Waals surface area contributed by atoms with Crippen molar-refractivity contribution in [1.29, 1.82) is 0 Å². The molecule has 0 bridgehead atoms. The topological polar surface area (TPSA) is 52.6 Å². The number of ether oxygens (including phenoxy) is 2. The molecule has 346 valence electrons. The Labute approximate surface area is 307 Å². The van der Waals surface area contributed by atoms with Crippen molar-refractivity contribution in [1.82, 2.24) is 0 Å². The second kappa shape index (κ2) is 16.1. The summed E-state index contributed by atoms with van der Waals surface area (Å²) < 4.78 is 350. The highest BCUT2D eigenvalue weighted by Crippen LogP contribution is 2.62. The molecule has 0 atom stereocenters. The SMILES string of the molecule is C[N+](C)(CC[N+](C)(C)CC(=O)OCCC(F)(F)C(F)(F)C(F)(F)C(F)(F)C(F)(F)C(F)(F)F)CC(=O)OCCC(F)(F)C(F)(F)C(F)(F)C(F)(F)C(F)(F)C(F)(F)F. The summed E-state index contributed by atoms with van der Waals surface area (Å²) in [6.45, 7) is -6.96. The Morgan fingerprint density at radius 1 is 0.362 bits per heavy atom. The van der Waals surface area contributed by atoms with E-state index < -0.39 is 145 Å². The Morgan fingerprint density at radius 2 is 0.569 bits per heavy atom. The highest BCUT2D eigenvalue weighted by molar-refractivity contribution is 5.71. The van der Waals surface area contributed by atoms with Gasteiger partial charge in [-0.2, -0.15) is 114 Å². The van der Waals surface area contributed by atoms with Crippen LogP contribution in [0.15, 0.2) is 0 Å². The van der Waals surface area contributed by atoms with E-state index in [1.165, 1.54) is 0 Å². The number of hydrogen-bond acceptors (Lipinski definition) is 4. The molecule has 0 rings (SSSR count). The van der Waals surface area contributed by atoms with Crippen LogP contribution in [0.2, 0.25) is 0 Å². The van der Waals surface area contributed by atoms with Crippen LogP contribution in [0.3, 0.4) is 0 Å². The number of likely N-dealkylation sites (N-methyl/N-ethyl adjacent to an activating group) is 2. The molecule has 32 heteroatoms. The Bertz CT molecular complexity index is 1330. The highest BCUT2D eigenvalue weighted by Gasteiger charge is 2.92. The number of quaternary nitrogens is 2. The minimum atomic E-state index is -8.16. The molecule has 0 radical (unpaired) electrons. The quantitative estimate of drug-likeness (QED) is 0.0659. The molecule has 0 saturated heterocycles. The third-order valence-electron chi connectivity index (χ3n) is 7.78. The molecule has 58 heavy (non-hydrogen) atoms. The lowest BCUT2D eigenvalue weighted by molar-refractivity contribution is -0.939. The summed E-state index contributed by atoms with van der Waals surface area (Å²) in [7, 11) is 4.33. The molecule has 0 aromatic carbocycles. The Morgan fingerprint density at radius 3 is 0.776 bits per heavy atom. The van der Waals surface area contributed by atoms with Gasteiger partial charge in [0.1, 0.15) is 13.1 Å². The molecule has 0 saturated carbocycles. The van der Waals surface area contributed by atoms with Gasteiger partial charge in [0, 0.05) is 0 Å². The zero-order valence-electron chi connectivity index (χ0n) is 29.0. The van der Waals surface area contributed by atoms with E-state index in [1.807, 2.05) is 0 Å². The second-order valence-electron chi connectivity index (χ2n) is 13.6. The van der Waals surface area contributed by atoms with Crippen molar-refractivity contribution in [2.75, 3.05) is 67.6 Å². The Kier molecular flexibility index (Phi) is 15.3. The van der Waals surface area contributed by atoms with Gasteiger partial charge < -0.3 is 18.4 Å². The molecule has 0 N–H and O–H groups in total. The summed E-state index contributed by atoms with van der Waals surface area (Å²) in [6, 6.07) is 0. The van der Waals surface area contributed by atoms with Gasteiger partial charge >= 0.3 is 83.5 Å². The first kappa shape index (κ1) is 55.0. The monoisotopic (exact) mass is 926 g/mol. The fourth-order valence-corrected chi connectivity index (χ4v) is 3.99. The average Bonchev–Trinajstić information content (AvgIpc) is 2.97. The van der Waals surface area contributed by atoms with Crippen LogP contribution in [0.4, 0.5) is 114 Å². The summed E-state index contributed by atoms with van der Waals surface area (Å²) in [4.78, 5) is 24.1. The van der Waals surface area contributed by atoms with Gasteiger partial charge in [0.15, 0.2) is 13.1 Å². The molecule has 0 heterocycles. The normalized spacial score (nSPS) is 15.8. The number of hydrogen-bond donors (Lipinski definition) is 0. The standard InChI is InChI=1S/C26H28F26N2O4/c1-53(2,11-13(55)57-9-5-15(27,28)17(31,32)19(35,36)21(39,40)23(43,44)25(47,48)49)7-8-54(3,4)12-14(56)58-10-6-16(29,30)18(33,34)20(37,38)22(41,42)24(45,46)26(50,51)52/h5-12H2,1-4H3/q+2. The number of halogens is 26. The van der Waals surface area contributed by atoms with Gasteiger partial charge in [-0.25, -0.2) is 9.59 Å². The lowest BCUT2D eigenvalue weighted by Gasteiger charge is -2.39. The van der Waals surface area contributed by atoms with E-state index in [0.717, 1.165) is 28.2 Å². The van der Waals surface area contributed by atoms with Gasteiger partial charge in [0.2, 0.25) is 0 Å². The van der Waals surface area contributed by atoms with Gasteiger partial charge in [-0.3, -0.25) is 0 Å². The van der Waals surface area contributed by atoms with Gasteiger partial charge in [-0.05, 0) is 0 Å². The number of esters is 2. The maximum Gasteiger partial charge on any atom is 0.460 e. The molecule has 0 aliphatic carbocycles. The fourth-order valence-electron chi connectivity index (χ4n) is 3.99. The molecule has 0 spiro atoms. The molecule has 0 unspecified atom stereocenters. The summed E-state index contributed by atoms with van der Waals surface area (Å²) in [5.74, 6) is -80.1. The summed E-state index contributed by atoms with van der Waals surface area (Å²) in [5.41, 5.74) is 0. The number of carbonyl (C=O) groups is 2. The molecule has 0 amide bonds. The number of alkyl halides is 26. The average molecular weight is 926 g/mol. The summed E-state index contributed by atoms with van der Waals surface area (Å²) in [5, 5.41) is 0. The predicted molar refractivity (Wildman–Crippen MR) is 136 cm³/mol. The zero-order valence-corrected chi connectivity index (χ0v) is 29.0. The van der Waals surface area contributed by atoms with Gasteiger partial charge in [0.25, 0.3) is 0 Å². The van der Waals surface area contributed by atoms with E-state index in [-0.39, 0.29) is 0 Å². The van der Waals surface area contributed by atoms with Crippen molar-refractivity contribution in [2.45, 2.75) is 84.4 Å². The van der Waals surface area contributed by atoms with E-state index in [0.29, 0.717) is 0 Å². The molecular formula is C26H28F26N2O4+2. The first-order valence-electron chi connectivity index (χ1n) is 14.8. The van der Waals surface area contributed by atoms with Crippen LogP contribution < -0.4 is 0 Å². The number of carbonyl (C=O) groups excluding carboxylic acids is 2. The molecule has 0 aromatic heterocycles. The van der Waals surface area contributed by atoms with Gasteiger partial charge in [0.05, 0.1) is 54.2 Å². The van der Waals surface area contributed by atoms with Crippen molar-refractivity contribution in [3.63, 3.8) is 0 Å². The first-order chi connectivity index (χ1) is 24.9. The smallest absolute Gasteiger partial charge is 0.460 e. The number of nitrogens with zero attached hydrogens (tertiary/aromatic N) is 2. The van der Waals surface area contributed by atoms with E-state index >= 15 is 0 Å². The third-order valence-corrected chi connectivity index (χ3v) is 7.78. The van der Waals surface area contributed by atoms with E-state index in [4.69, 9.17) is 0 Å². The molecule has 6 nitrogen and oxygen atoms in total. The second-order valence-corrected chi connectivity index (χ2v) is 13.6. The van der Waals surface area contributed by atoms with Crippen molar-refractivity contribution in [2.24, 2.45) is 0 Å². The maximum atomic E-state index is 13.9. The Balaban J connectivity index is 5.42. The summed E-state index contributed by atoms with van der Waals surface area (Å²) in [6.07, 6.45) is -21.0. The zero-order chi connectivity index (χ0) is 47.2. The van der Waals surface area contributed by atoms with Crippen LogP contribution in [0, 0.1) is 0 Å².